The molecule has 4 rings (SSSR count). The van der Waals surface area contributed by atoms with Crippen LogP contribution in [-0.2, 0) is 4.79 Å². The lowest BCUT2D eigenvalue weighted by Gasteiger charge is -2.40. The van der Waals surface area contributed by atoms with Gasteiger partial charge in [0.1, 0.15) is 0 Å². The monoisotopic (exact) mass is 346 g/mol. The van der Waals surface area contributed by atoms with Crippen molar-refractivity contribution in [3.8, 4) is 0 Å². The van der Waals surface area contributed by atoms with E-state index in [1.54, 1.807) is 11.3 Å². The number of thiophene rings is 1. The van der Waals surface area contributed by atoms with Crippen LogP contribution in [0, 0.1) is 17.3 Å². The van der Waals surface area contributed by atoms with Crippen molar-refractivity contribution >= 4 is 17.2 Å². The van der Waals surface area contributed by atoms with Gasteiger partial charge in [0, 0.05) is 49.5 Å². The summed E-state index contributed by atoms with van der Waals surface area (Å²) in [5.74, 6) is 2.42. The normalized spacial score (nSPS) is 31.3. The Kier molecular flexibility index (Phi) is 4.24. The molecule has 0 bridgehead atoms. The van der Waals surface area contributed by atoms with Crippen molar-refractivity contribution in [2.75, 3.05) is 26.2 Å². The van der Waals surface area contributed by atoms with Crippen molar-refractivity contribution in [1.29, 1.82) is 0 Å². The molecule has 0 unspecified atom stereocenters. The maximum atomic E-state index is 13.0. The molecule has 3 atom stereocenters. The molecule has 1 aliphatic carbocycles. The molecule has 0 N–H and O–H groups in total. The summed E-state index contributed by atoms with van der Waals surface area (Å²) in [4.78, 5) is 17.9. The molecule has 0 spiro atoms. The fourth-order valence-corrected chi connectivity index (χ4v) is 5.36. The summed E-state index contributed by atoms with van der Waals surface area (Å²) in [5.41, 5.74) is 1.17. The van der Waals surface area contributed by atoms with Gasteiger partial charge in [0.15, 0.2) is 0 Å². The van der Waals surface area contributed by atoms with Gasteiger partial charge in [0.2, 0.25) is 5.91 Å². The third-order valence-corrected chi connectivity index (χ3v) is 6.80. The number of likely N-dealkylation sites (tertiary alicyclic amines) is 2. The van der Waals surface area contributed by atoms with Gasteiger partial charge in [-0.3, -0.25) is 4.79 Å². The smallest absolute Gasteiger partial charge is 0.228 e. The molecule has 3 nitrogen and oxygen atoms in total. The summed E-state index contributed by atoms with van der Waals surface area (Å²) in [7, 11) is 0. The summed E-state index contributed by atoms with van der Waals surface area (Å²) >= 11 is 1.79. The van der Waals surface area contributed by atoms with Crippen LogP contribution in [0.1, 0.15) is 51.5 Å². The zero-order chi connectivity index (χ0) is 16.9. The lowest BCUT2D eigenvalue weighted by molar-refractivity contribution is -0.141. The molecule has 3 fully saturated rings. The molecule has 1 saturated carbocycles. The first kappa shape index (κ1) is 16.6. The van der Waals surface area contributed by atoms with Crippen LogP contribution in [-0.4, -0.2) is 47.9 Å². The zero-order valence-electron chi connectivity index (χ0n) is 15.2. The topological polar surface area (TPSA) is 23.6 Å². The van der Waals surface area contributed by atoms with Crippen molar-refractivity contribution in [2.24, 2.45) is 17.3 Å². The Hall–Kier alpha value is -0.870. The quantitative estimate of drug-likeness (QED) is 0.831. The molecule has 4 heteroatoms. The van der Waals surface area contributed by atoms with Gasteiger partial charge in [-0.1, -0.05) is 20.8 Å². The van der Waals surface area contributed by atoms with Crippen LogP contribution in [0.5, 0.6) is 0 Å². The summed E-state index contributed by atoms with van der Waals surface area (Å²) in [6, 6.07) is 2.72. The number of hydrogen-bond acceptors (Lipinski definition) is 3. The van der Waals surface area contributed by atoms with E-state index < -0.39 is 0 Å². The van der Waals surface area contributed by atoms with Crippen LogP contribution in [0.4, 0.5) is 0 Å². The molecule has 24 heavy (non-hydrogen) atoms. The Bertz CT molecular complexity index is 587. The van der Waals surface area contributed by atoms with E-state index in [0.717, 1.165) is 18.9 Å². The number of hydrogen-bond donors (Lipinski definition) is 0. The highest BCUT2D eigenvalue weighted by atomic mass is 32.1. The maximum Gasteiger partial charge on any atom is 0.228 e. The predicted octanol–water partition coefficient (Wildman–Crippen LogP) is 3.82. The van der Waals surface area contributed by atoms with Gasteiger partial charge >= 0.3 is 0 Å². The van der Waals surface area contributed by atoms with Crippen molar-refractivity contribution in [3.63, 3.8) is 0 Å². The fraction of sp³-hybridized carbons (Fsp3) is 0.750. The van der Waals surface area contributed by atoms with Gasteiger partial charge in [-0.2, -0.15) is 11.3 Å². The molecule has 1 aromatic rings. The van der Waals surface area contributed by atoms with E-state index in [0.29, 0.717) is 23.8 Å². The summed E-state index contributed by atoms with van der Waals surface area (Å²) < 4.78 is 0. The molecule has 3 heterocycles. The van der Waals surface area contributed by atoms with Crippen molar-refractivity contribution < 1.29 is 4.79 Å². The average molecular weight is 347 g/mol. The van der Waals surface area contributed by atoms with Crippen molar-refractivity contribution in [2.45, 2.75) is 52.0 Å². The Morgan fingerprint density at radius 1 is 1.25 bits per heavy atom. The minimum absolute atomic E-state index is 0.279. The molecule has 1 amide bonds. The zero-order valence-corrected chi connectivity index (χ0v) is 16.0. The first-order valence-corrected chi connectivity index (χ1v) is 10.4. The van der Waals surface area contributed by atoms with Gasteiger partial charge in [-0.25, -0.2) is 0 Å². The fourth-order valence-electron chi connectivity index (χ4n) is 4.64. The van der Waals surface area contributed by atoms with E-state index in [1.807, 2.05) is 0 Å². The third kappa shape index (κ3) is 3.15. The number of amides is 1. The minimum atomic E-state index is -0.279. The van der Waals surface area contributed by atoms with Crippen LogP contribution in [0.3, 0.4) is 0 Å². The van der Waals surface area contributed by atoms with Crippen molar-refractivity contribution in [1.82, 2.24) is 9.80 Å². The van der Waals surface area contributed by atoms with Crippen LogP contribution >= 0.6 is 11.3 Å². The van der Waals surface area contributed by atoms with E-state index in [9.17, 15) is 4.79 Å². The summed E-state index contributed by atoms with van der Waals surface area (Å²) in [6.45, 7) is 10.7. The first-order chi connectivity index (χ1) is 11.4. The van der Waals surface area contributed by atoms with Crippen LogP contribution in [0.15, 0.2) is 16.8 Å². The van der Waals surface area contributed by atoms with E-state index in [1.165, 1.54) is 38.0 Å². The summed E-state index contributed by atoms with van der Waals surface area (Å²) in [5, 5.41) is 4.48. The second kappa shape index (κ2) is 6.14. The second-order valence-electron chi connectivity index (χ2n) is 9.09. The Morgan fingerprint density at radius 2 is 2.04 bits per heavy atom. The second-order valence-corrected chi connectivity index (χ2v) is 9.87. The number of fused-ring (bicyclic) bond motifs is 1. The molecule has 2 aliphatic heterocycles. The van der Waals surface area contributed by atoms with E-state index >= 15 is 0 Å². The Balaban J connectivity index is 1.56. The van der Waals surface area contributed by atoms with Gasteiger partial charge in [-0.15, -0.1) is 0 Å². The molecule has 1 aromatic heterocycles. The lowest BCUT2D eigenvalue weighted by Crippen LogP contribution is -2.50. The highest BCUT2D eigenvalue weighted by molar-refractivity contribution is 7.08. The van der Waals surface area contributed by atoms with Gasteiger partial charge in [-0.05, 0) is 47.6 Å². The largest absolute Gasteiger partial charge is 0.338 e. The highest BCUT2D eigenvalue weighted by Gasteiger charge is 2.48. The maximum absolute atomic E-state index is 13.0. The van der Waals surface area contributed by atoms with E-state index in [2.05, 4.69) is 47.4 Å². The number of carbonyl (C=O) groups is 1. The summed E-state index contributed by atoms with van der Waals surface area (Å²) in [6.07, 6.45) is 4.00. The Labute approximate surface area is 150 Å². The molecule has 0 aromatic carbocycles. The molecule has 2 saturated heterocycles. The van der Waals surface area contributed by atoms with Crippen LogP contribution in [0.25, 0.3) is 0 Å². The first-order valence-electron chi connectivity index (χ1n) is 9.49. The average Bonchev–Trinajstić information content (AvgIpc) is 3.05. The van der Waals surface area contributed by atoms with Crippen LogP contribution < -0.4 is 0 Å². The predicted molar refractivity (Wildman–Crippen MR) is 99.3 cm³/mol. The van der Waals surface area contributed by atoms with E-state index in [4.69, 9.17) is 0 Å². The molecular weight excluding hydrogens is 316 g/mol. The highest BCUT2D eigenvalue weighted by Crippen LogP contribution is 2.44. The SMILES string of the molecule is CC(C)(C)C(=O)N1C[C@H](c2ccsc2)[C@H]2CN(CC3CC3)CC[C@H]21. The van der Waals surface area contributed by atoms with E-state index in [-0.39, 0.29) is 5.41 Å². The lowest BCUT2D eigenvalue weighted by atomic mass is 9.82. The number of carbonyl (C=O) groups excluding carboxylic acids is 1. The van der Waals surface area contributed by atoms with Crippen LogP contribution in [0.2, 0.25) is 0 Å². The number of nitrogens with zero attached hydrogens (tertiary/aromatic N) is 2. The number of rotatable bonds is 3. The molecule has 3 aliphatic rings. The van der Waals surface area contributed by atoms with Gasteiger partial charge in [0.05, 0.1) is 0 Å². The van der Waals surface area contributed by atoms with Crippen molar-refractivity contribution in [3.05, 3.63) is 22.4 Å². The minimum Gasteiger partial charge on any atom is -0.338 e. The molecule has 0 radical (unpaired) electrons. The standard InChI is InChI=1S/C20H30N2OS/c1-20(2,3)19(23)22-12-16(15-7-9-24-13-15)17-11-21(8-6-18(17)22)10-14-4-5-14/h7,9,13-14,16-18H,4-6,8,10-12H2,1-3H3/t16-,17-,18-/m1/s1. The van der Waals surface area contributed by atoms with Gasteiger partial charge in [0.25, 0.3) is 0 Å². The molecular formula is C20H30N2OS. The Morgan fingerprint density at radius 3 is 2.67 bits per heavy atom. The third-order valence-electron chi connectivity index (χ3n) is 6.10. The van der Waals surface area contributed by atoms with Gasteiger partial charge < -0.3 is 9.80 Å². The number of piperidine rings is 1. The molecule has 132 valence electrons.